The Morgan fingerprint density at radius 2 is 1.89 bits per heavy atom. The molecular weight excluding hydrogens is 520 g/mol. The number of pyridine rings is 1. The zero-order valence-electron chi connectivity index (χ0n) is 20.4. The standard InChI is InChI=1S/C26H24ClF2N5O4/c1-2-37-24(35)12-11-21-25(36)32-26(34(33-21)15-16-3-5-17(27)6-4-16)30-18-7-9-19(10-8-18)38-20-13-22(28)31-23(29)14-20/h3-5,7-10,13-14,17H,2,6,11-12,15H2,1H3,(H,30,32,36). The van der Waals surface area contributed by atoms with Gasteiger partial charge < -0.3 is 14.8 Å². The highest BCUT2D eigenvalue weighted by Crippen LogP contribution is 2.25. The minimum atomic E-state index is -0.995. The highest BCUT2D eigenvalue weighted by Gasteiger charge is 2.15. The summed E-state index contributed by atoms with van der Waals surface area (Å²) in [5, 5.41) is 7.45. The number of hydrogen-bond donors (Lipinski definition) is 1. The molecule has 0 saturated heterocycles. The lowest BCUT2D eigenvalue weighted by atomic mass is 10.1. The summed E-state index contributed by atoms with van der Waals surface area (Å²) in [5.74, 6) is -1.94. The number of hydrogen-bond acceptors (Lipinski definition) is 8. The Morgan fingerprint density at radius 3 is 2.55 bits per heavy atom. The quantitative estimate of drug-likeness (QED) is 0.220. The molecule has 0 bridgehead atoms. The molecule has 0 spiro atoms. The summed E-state index contributed by atoms with van der Waals surface area (Å²) in [5.41, 5.74) is 1.06. The van der Waals surface area contributed by atoms with Crippen LogP contribution in [0.4, 0.5) is 20.4 Å². The molecule has 1 aromatic carbocycles. The van der Waals surface area contributed by atoms with E-state index in [0.29, 0.717) is 24.4 Å². The lowest BCUT2D eigenvalue weighted by Gasteiger charge is -2.17. The molecule has 2 aromatic heterocycles. The number of ether oxygens (including phenoxy) is 2. The maximum absolute atomic E-state index is 13.3. The molecule has 0 saturated carbocycles. The van der Waals surface area contributed by atoms with Gasteiger partial charge >= 0.3 is 5.97 Å². The topological polar surface area (TPSA) is 108 Å². The van der Waals surface area contributed by atoms with E-state index in [1.54, 1.807) is 35.9 Å². The summed E-state index contributed by atoms with van der Waals surface area (Å²) < 4.78 is 38.6. The number of aromatic nitrogens is 4. The van der Waals surface area contributed by atoms with Gasteiger partial charge in [0.15, 0.2) is 0 Å². The number of carbonyl (C=O) groups excluding carboxylic acids is 1. The molecule has 0 aliphatic heterocycles. The largest absolute Gasteiger partial charge is 0.466 e. The van der Waals surface area contributed by atoms with Crippen molar-refractivity contribution in [1.82, 2.24) is 19.7 Å². The van der Waals surface area contributed by atoms with Crippen LogP contribution in [-0.4, -0.2) is 37.7 Å². The molecule has 4 rings (SSSR count). The van der Waals surface area contributed by atoms with Crippen molar-refractivity contribution in [2.45, 2.75) is 38.1 Å². The van der Waals surface area contributed by atoms with Gasteiger partial charge in [-0.2, -0.15) is 23.8 Å². The van der Waals surface area contributed by atoms with Gasteiger partial charge in [0.25, 0.3) is 5.56 Å². The third-order valence-electron chi connectivity index (χ3n) is 5.35. The van der Waals surface area contributed by atoms with Crippen molar-refractivity contribution in [1.29, 1.82) is 0 Å². The van der Waals surface area contributed by atoms with E-state index >= 15 is 0 Å². The number of alkyl halides is 1. The summed E-state index contributed by atoms with van der Waals surface area (Å²) in [7, 11) is 0. The van der Waals surface area contributed by atoms with E-state index in [0.717, 1.165) is 17.7 Å². The third kappa shape index (κ3) is 7.45. The predicted molar refractivity (Wildman–Crippen MR) is 137 cm³/mol. The van der Waals surface area contributed by atoms with Crippen LogP contribution < -0.4 is 15.6 Å². The molecule has 1 unspecified atom stereocenters. The van der Waals surface area contributed by atoms with E-state index in [2.05, 4.69) is 20.4 Å². The zero-order chi connectivity index (χ0) is 27.1. The van der Waals surface area contributed by atoms with Crippen LogP contribution in [0.25, 0.3) is 0 Å². The average molecular weight is 544 g/mol. The first-order valence-corrected chi connectivity index (χ1v) is 12.3. The van der Waals surface area contributed by atoms with Crippen LogP contribution in [0.2, 0.25) is 0 Å². The minimum Gasteiger partial charge on any atom is -0.466 e. The minimum absolute atomic E-state index is 0.00774. The van der Waals surface area contributed by atoms with Gasteiger partial charge in [-0.05, 0) is 43.2 Å². The number of halogens is 3. The molecule has 3 aromatic rings. The fraction of sp³-hybridized carbons (Fsp3) is 0.269. The number of benzene rings is 1. The Bertz CT molecular complexity index is 1410. The number of anilines is 2. The highest BCUT2D eigenvalue weighted by atomic mass is 35.5. The fourth-order valence-electron chi connectivity index (χ4n) is 3.57. The Hall–Kier alpha value is -4.12. The molecule has 198 valence electrons. The number of carbonyl (C=O) groups is 1. The summed E-state index contributed by atoms with van der Waals surface area (Å²) in [6.45, 7) is 2.27. The molecule has 12 heteroatoms. The third-order valence-corrected chi connectivity index (χ3v) is 5.67. The van der Waals surface area contributed by atoms with E-state index in [1.165, 1.54) is 0 Å². The predicted octanol–water partition coefficient (Wildman–Crippen LogP) is 4.84. The van der Waals surface area contributed by atoms with E-state index in [1.807, 2.05) is 18.2 Å². The second-order valence-electron chi connectivity index (χ2n) is 8.24. The molecule has 0 amide bonds. The van der Waals surface area contributed by atoms with Gasteiger partial charge in [-0.25, -0.2) is 4.68 Å². The van der Waals surface area contributed by atoms with Crippen molar-refractivity contribution in [3.05, 3.63) is 88.1 Å². The van der Waals surface area contributed by atoms with Crippen LogP contribution in [-0.2, 0) is 22.5 Å². The SMILES string of the molecule is CCOC(=O)CCc1nn(CC2=CCC(Cl)C=C2)c(Nc2ccc(Oc3cc(F)nc(F)c3)cc2)nc1=O. The monoisotopic (exact) mass is 543 g/mol. The van der Waals surface area contributed by atoms with Gasteiger partial charge in [0.05, 0.1) is 24.9 Å². The van der Waals surface area contributed by atoms with Crippen molar-refractivity contribution in [2.75, 3.05) is 11.9 Å². The molecule has 0 radical (unpaired) electrons. The molecular formula is C26H24ClF2N5O4. The molecule has 9 nitrogen and oxygen atoms in total. The highest BCUT2D eigenvalue weighted by molar-refractivity contribution is 6.22. The van der Waals surface area contributed by atoms with Gasteiger partial charge in [-0.15, -0.1) is 11.6 Å². The summed E-state index contributed by atoms with van der Waals surface area (Å²) >= 11 is 6.13. The van der Waals surface area contributed by atoms with Crippen LogP contribution in [0.3, 0.4) is 0 Å². The number of esters is 1. The van der Waals surface area contributed by atoms with Crippen molar-refractivity contribution in [3.8, 4) is 11.5 Å². The van der Waals surface area contributed by atoms with Gasteiger partial charge in [0.1, 0.15) is 17.2 Å². The summed E-state index contributed by atoms with van der Waals surface area (Å²) in [6.07, 6.45) is 6.50. The first kappa shape index (κ1) is 26.9. The van der Waals surface area contributed by atoms with Crippen molar-refractivity contribution >= 4 is 29.2 Å². The molecule has 1 aliphatic rings. The van der Waals surface area contributed by atoms with Crippen molar-refractivity contribution < 1.29 is 23.0 Å². The molecule has 1 atom stereocenters. The van der Waals surface area contributed by atoms with E-state index in [-0.39, 0.29) is 42.2 Å². The van der Waals surface area contributed by atoms with E-state index in [9.17, 15) is 18.4 Å². The number of allylic oxidation sites excluding steroid dienone is 4. The Morgan fingerprint density at radius 1 is 1.16 bits per heavy atom. The molecule has 2 heterocycles. The number of nitrogens with zero attached hydrogens (tertiary/aromatic N) is 4. The van der Waals surface area contributed by atoms with Gasteiger partial charge in [0.2, 0.25) is 17.8 Å². The lowest BCUT2D eigenvalue weighted by Crippen LogP contribution is -2.25. The number of aryl methyl sites for hydroxylation is 1. The van der Waals surface area contributed by atoms with Crippen LogP contribution in [0, 0.1) is 11.9 Å². The second-order valence-corrected chi connectivity index (χ2v) is 8.80. The molecule has 38 heavy (non-hydrogen) atoms. The first-order valence-electron chi connectivity index (χ1n) is 11.8. The Kier molecular flexibility index (Phi) is 8.80. The van der Waals surface area contributed by atoms with E-state index < -0.39 is 23.4 Å². The van der Waals surface area contributed by atoms with Crippen LogP contribution >= 0.6 is 11.6 Å². The van der Waals surface area contributed by atoms with Crippen molar-refractivity contribution in [2.24, 2.45) is 0 Å². The Balaban J connectivity index is 1.55. The zero-order valence-corrected chi connectivity index (χ0v) is 21.1. The van der Waals surface area contributed by atoms with Crippen LogP contribution in [0.1, 0.15) is 25.5 Å². The number of rotatable bonds is 10. The summed E-state index contributed by atoms with van der Waals surface area (Å²) in [4.78, 5) is 31.7. The smallest absolute Gasteiger partial charge is 0.306 e. The van der Waals surface area contributed by atoms with Crippen molar-refractivity contribution in [3.63, 3.8) is 0 Å². The summed E-state index contributed by atoms with van der Waals surface area (Å²) in [6, 6.07) is 8.38. The first-order chi connectivity index (χ1) is 18.3. The molecule has 1 aliphatic carbocycles. The lowest BCUT2D eigenvalue weighted by molar-refractivity contribution is -0.143. The van der Waals surface area contributed by atoms with Gasteiger partial charge in [-0.1, -0.05) is 18.2 Å². The molecule has 0 fully saturated rings. The molecule has 1 N–H and O–H groups in total. The maximum atomic E-state index is 13.3. The second kappa shape index (κ2) is 12.4. The van der Waals surface area contributed by atoms with Crippen LogP contribution in [0.5, 0.6) is 11.5 Å². The van der Waals surface area contributed by atoms with Gasteiger partial charge in [0, 0.05) is 24.2 Å². The average Bonchev–Trinajstić information content (AvgIpc) is 2.87. The number of nitrogens with one attached hydrogen (secondary N) is 1. The maximum Gasteiger partial charge on any atom is 0.306 e. The van der Waals surface area contributed by atoms with Crippen LogP contribution in [0.15, 0.2) is 65.0 Å². The Labute approximate surface area is 221 Å². The normalized spacial score (nSPS) is 14.6. The van der Waals surface area contributed by atoms with E-state index in [4.69, 9.17) is 21.1 Å². The fourth-order valence-corrected chi connectivity index (χ4v) is 3.73. The van der Waals surface area contributed by atoms with Gasteiger partial charge in [-0.3, -0.25) is 9.59 Å².